The highest BCUT2D eigenvalue weighted by Gasteiger charge is 2.20. The van der Waals surface area contributed by atoms with Crippen molar-refractivity contribution in [3.63, 3.8) is 0 Å². The Kier molecular flexibility index (Phi) is 5.57. The van der Waals surface area contributed by atoms with Crippen LogP contribution in [0.15, 0.2) is 65.3 Å². The zero-order valence-corrected chi connectivity index (χ0v) is 17.4. The van der Waals surface area contributed by atoms with Gasteiger partial charge in [-0.3, -0.25) is 4.79 Å². The van der Waals surface area contributed by atoms with E-state index in [9.17, 15) is 4.79 Å². The van der Waals surface area contributed by atoms with Crippen molar-refractivity contribution < 1.29 is 13.9 Å². The van der Waals surface area contributed by atoms with E-state index in [1.165, 1.54) is 11.8 Å². The van der Waals surface area contributed by atoms with Crippen molar-refractivity contribution in [1.82, 2.24) is 14.9 Å². The standard InChI is InChI=1S/C24H25N3O3/c1-16-10-11-17(2)22(15-16)30-14-12-27-20-8-5-4-7-19(20)26-23(27)18(3)25-24(28)21-9-6-13-29-21/h4-11,13,15,18H,12,14H2,1-3H3,(H,25,28). The summed E-state index contributed by atoms with van der Waals surface area (Å²) in [5.41, 5.74) is 4.17. The summed E-state index contributed by atoms with van der Waals surface area (Å²) < 4.78 is 13.4. The monoisotopic (exact) mass is 403 g/mol. The Hall–Kier alpha value is -3.54. The van der Waals surface area contributed by atoms with Gasteiger partial charge in [-0.2, -0.15) is 0 Å². The molecule has 1 atom stereocenters. The van der Waals surface area contributed by atoms with Crippen LogP contribution in [0.4, 0.5) is 0 Å². The molecule has 0 aliphatic heterocycles. The number of aryl methyl sites for hydroxylation is 2. The average molecular weight is 403 g/mol. The summed E-state index contributed by atoms with van der Waals surface area (Å²) in [4.78, 5) is 17.2. The second-order valence-corrected chi connectivity index (χ2v) is 7.40. The molecule has 0 bridgehead atoms. The second kappa shape index (κ2) is 8.45. The third kappa shape index (κ3) is 4.08. The first-order chi connectivity index (χ1) is 14.5. The highest BCUT2D eigenvalue weighted by atomic mass is 16.5. The van der Waals surface area contributed by atoms with Gasteiger partial charge in [0.15, 0.2) is 5.76 Å². The van der Waals surface area contributed by atoms with Gasteiger partial charge in [0, 0.05) is 0 Å². The van der Waals surface area contributed by atoms with E-state index in [-0.39, 0.29) is 17.7 Å². The zero-order valence-electron chi connectivity index (χ0n) is 17.4. The number of amides is 1. The van der Waals surface area contributed by atoms with Crippen LogP contribution in [0.2, 0.25) is 0 Å². The number of hydrogen-bond donors (Lipinski definition) is 1. The van der Waals surface area contributed by atoms with Crippen LogP contribution in [0.5, 0.6) is 5.75 Å². The maximum absolute atomic E-state index is 12.4. The number of rotatable bonds is 7. The van der Waals surface area contributed by atoms with Gasteiger partial charge < -0.3 is 19.0 Å². The molecule has 154 valence electrons. The Balaban J connectivity index is 1.55. The molecule has 0 aliphatic rings. The molecule has 6 heteroatoms. The Morgan fingerprint density at radius 3 is 2.80 bits per heavy atom. The largest absolute Gasteiger partial charge is 0.491 e. The summed E-state index contributed by atoms with van der Waals surface area (Å²) in [6.45, 7) is 7.13. The van der Waals surface area contributed by atoms with Crippen molar-refractivity contribution in [2.45, 2.75) is 33.4 Å². The number of fused-ring (bicyclic) bond motifs is 1. The van der Waals surface area contributed by atoms with Crippen LogP contribution in [0.3, 0.4) is 0 Å². The molecule has 0 saturated heterocycles. The molecule has 2 aromatic heterocycles. The number of ether oxygens (including phenoxy) is 1. The predicted molar refractivity (Wildman–Crippen MR) is 116 cm³/mol. The number of nitrogens with zero attached hydrogens (tertiary/aromatic N) is 2. The number of aromatic nitrogens is 2. The molecule has 30 heavy (non-hydrogen) atoms. The SMILES string of the molecule is Cc1ccc(C)c(OCCn2c(C(C)NC(=O)c3ccco3)nc3ccccc32)c1. The summed E-state index contributed by atoms with van der Waals surface area (Å²) in [6.07, 6.45) is 1.49. The van der Waals surface area contributed by atoms with Crippen LogP contribution in [0, 0.1) is 13.8 Å². The van der Waals surface area contributed by atoms with Gasteiger partial charge in [-0.1, -0.05) is 24.3 Å². The summed E-state index contributed by atoms with van der Waals surface area (Å²) in [5, 5.41) is 2.97. The minimum Gasteiger partial charge on any atom is -0.491 e. The first-order valence-corrected chi connectivity index (χ1v) is 10.0. The van der Waals surface area contributed by atoms with E-state index in [4.69, 9.17) is 14.1 Å². The Bertz CT molecular complexity index is 1160. The van der Waals surface area contributed by atoms with Crippen LogP contribution in [-0.2, 0) is 6.54 Å². The average Bonchev–Trinajstić information content (AvgIpc) is 3.39. The van der Waals surface area contributed by atoms with E-state index in [1.807, 2.05) is 38.1 Å². The molecule has 0 aliphatic carbocycles. The summed E-state index contributed by atoms with van der Waals surface area (Å²) in [7, 11) is 0. The molecule has 2 heterocycles. The van der Waals surface area contributed by atoms with Crippen LogP contribution in [0.1, 0.15) is 40.5 Å². The lowest BCUT2D eigenvalue weighted by Gasteiger charge is -2.17. The first-order valence-electron chi connectivity index (χ1n) is 10.0. The molecule has 0 saturated carbocycles. The van der Waals surface area contributed by atoms with Gasteiger partial charge in [0.1, 0.15) is 18.2 Å². The smallest absolute Gasteiger partial charge is 0.287 e. The van der Waals surface area contributed by atoms with Gasteiger partial charge in [0.2, 0.25) is 0 Å². The Morgan fingerprint density at radius 2 is 2.00 bits per heavy atom. The van der Waals surface area contributed by atoms with Gasteiger partial charge in [-0.15, -0.1) is 0 Å². The number of para-hydroxylation sites is 2. The number of carbonyl (C=O) groups excluding carboxylic acids is 1. The number of nitrogens with one attached hydrogen (secondary N) is 1. The first kappa shape index (κ1) is 19.8. The fourth-order valence-corrected chi connectivity index (χ4v) is 3.51. The van der Waals surface area contributed by atoms with Gasteiger partial charge in [-0.05, 0) is 62.2 Å². The minimum absolute atomic E-state index is 0.266. The lowest BCUT2D eigenvalue weighted by molar-refractivity contribution is 0.0909. The van der Waals surface area contributed by atoms with E-state index in [2.05, 4.69) is 35.0 Å². The van der Waals surface area contributed by atoms with Crippen molar-refractivity contribution in [1.29, 1.82) is 0 Å². The lowest BCUT2D eigenvalue weighted by Crippen LogP contribution is -2.29. The number of imidazole rings is 1. The fourth-order valence-electron chi connectivity index (χ4n) is 3.51. The second-order valence-electron chi connectivity index (χ2n) is 7.40. The quantitative estimate of drug-likeness (QED) is 0.480. The zero-order chi connectivity index (χ0) is 21.1. The maximum Gasteiger partial charge on any atom is 0.287 e. The van der Waals surface area contributed by atoms with E-state index >= 15 is 0 Å². The summed E-state index contributed by atoms with van der Waals surface area (Å²) >= 11 is 0. The molecule has 1 amide bonds. The van der Waals surface area contributed by atoms with Crippen molar-refractivity contribution in [2.75, 3.05) is 6.61 Å². The van der Waals surface area contributed by atoms with E-state index < -0.39 is 0 Å². The third-order valence-electron chi connectivity index (χ3n) is 5.08. The fraction of sp³-hybridized carbons (Fsp3) is 0.250. The van der Waals surface area contributed by atoms with E-state index in [0.717, 1.165) is 28.2 Å². The molecule has 0 spiro atoms. The topological polar surface area (TPSA) is 69.3 Å². The molecular formula is C24H25N3O3. The predicted octanol–water partition coefficient (Wildman–Crippen LogP) is 4.82. The van der Waals surface area contributed by atoms with Crippen molar-refractivity contribution in [2.24, 2.45) is 0 Å². The highest BCUT2D eigenvalue weighted by molar-refractivity contribution is 5.91. The molecule has 0 radical (unpaired) electrons. The van der Waals surface area contributed by atoms with Gasteiger partial charge >= 0.3 is 0 Å². The van der Waals surface area contributed by atoms with E-state index in [0.29, 0.717) is 13.2 Å². The lowest BCUT2D eigenvalue weighted by atomic mass is 10.1. The van der Waals surface area contributed by atoms with Crippen LogP contribution < -0.4 is 10.1 Å². The molecule has 6 nitrogen and oxygen atoms in total. The third-order valence-corrected chi connectivity index (χ3v) is 5.08. The Labute approximate surface area is 175 Å². The number of hydrogen-bond acceptors (Lipinski definition) is 4. The minimum atomic E-state index is -0.296. The van der Waals surface area contributed by atoms with Crippen molar-refractivity contribution in [3.05, 3.63) is 83.6 Å². The molecule has 0 fully saturated rings. The van der Waals surface area contributed by atoms with Crippen molar-refractivity contribution in [3.8, 4) is 5.75 Å². The summed E-state index contributed by atoms with van der Waals surface area (Å²) in [6, 6.07) is 17.2. The van der Waals surface area contributed by atoms with E-state index in [1.54, 1.807) is 12.1 Å². The highest BCUT2D eigenvalue weighted by Crippen LogP contribution is 2.23. The Morgan fingerprint density at radius 1 is 1.17 bits per heavy atom. The van der Waals surface area contributed by atoms with Gasteiger partial charge in [0.25, 0.3) is 5.91 Å². The molecule has 4 aromatic rings. The normalized spacial score (nSPS) is 12.1. The molecule has 4 rings (SSSR count). The van der Waals surface area contributed by atoms with Gasteiger partial charge in [-0.25, -0.2) is 4.98 Å². The van der Waals surface area contributed by atoms with Crippen LogP contribution >= 0.6 is 0 Å². The molecular weight excluding hydrogens is 378 g/mol. The maximum atomic E-state index is 12.4. The molecule has 1 unspecified atom stereocenters. The number of carbonyl (C=O) groups is 1. The molecule has 1 N–H and O–H groups in total. The van der Waals surface area contributed by atoms with Crippen LogP contribution in [0.25, 0.3) is 11.0 Å². The number of furan rings is 1. The van der Waals surface area contributed by atoms with Crippen LogP contribution in [-0.4, -0.2) is 22.1 Å². The molecule has 2 aromatic carbocycles. The summed E-state index contributed by atoms with van der Waals surface area (Å²) in [5.74, 6) is 1.68. The van der Waals surface area contributed by atoms with Crippen molar-refractivity contribution >= 4 is 16.9 Å². The van der Waals surface area contributed by atoms with Gasteiger partial charge in [0.05, 0.1) is 29.9 Å². The number of benzene rings is 2.